The maximum Gasteiger partial charge on any atom is 0.251 e. The minimum Gasteiger partial charge on any atom is -0.397 e. The van der Waals surface area contributed by atoms with Crippen molar-refractivity contribution in [2.75, 3.05) is 56.4 Å². The first kappa shape index (κ1) is 17.5. The maximum absolute atomic E-state index is 12.3. The summed E-state index contributed by atoms with van der Waals surface area (Å²) in [6.45, 7) is 5.85. The van der Waals surface area contributed by atoms with Gasteiger partial charge in [0, 0.05) is 57.8 Å². The second kappa shape index (κ2) is 8.20. The fraction of sp³-hybridized carbons (Fsp3) is 0.556. The first-order valence-electron chi connectivity index (χ1n) is 9.06. The lowest BCUT2D eigenvalue weighted by atomic mass is 10.1. The predicted molar refractivity (Wildman–Crippen MR) is 98.7 cm³/mol. The van der Waals surface area contributed by atoms with Crippen molar-refractivity contribution in [2.45, 2.75) is 19.3 Å². The molecule has 7 heteroatoms. The van der Waals surface area contributed by atoms with Gasteiger partial charge in [0.05, 0.1) is 11.4 Å². The Morgan fingerprint density at radius 1 is 1.24 bits per heavy atom. The number of likely N-dealkylation sites (tertiary alicyclic amines) is 1. The van der Waals surface area contributed by atoms with Gasteiger partial charge in [0.25, 0.3) is 5.91 Å². The van der Waals surface area contributed by atoms with Crippen molar-refractivity contribution in [3.63, 3.8) is 0 Å². The molecule has 0 bridgehead atoms. The number of amides is 2. The fourth-order valence-corrected chi connectivity index (χ4v) is 3.40. The van der Waals surface area contributed by atoms with Crippen LogP contribution in [0.25, 0.3) is 0 Å². The summed E-state index contributed by atoms with van der Waals surface area (Å²) in [5.74, 6) is 0.105. The molecule has 1 aromatic carbocycles. The molecule has 3 rings (SSSR count). The highest BCUT2D eigenvalue weighted by Gasteiger charge is 2.19. The average molecular weight is 345 g/mol. The molecule has 0 saturated carbocycles. The standard InChI is InChI=1S/C18H27N5O2/c19-15-13-14(4-5-16(15)22-11-7-20-8-12-22)18(25)21-6-2-10-23-9-1-3-17(23)24/h4-5,13,20H,1-3,6-12,19H2,(H,21,25). The molecular weight excluding hydrogens is 318 g/mol. The minimum absolute atomic E-state index is 0.119. The van der Waals surface area contributed by atoms with E-state index in [0.717, 1.165) is 51.3 Å². The van der Waals surface area contributed by atoms with Crippen molar-refractivity contribution in [3.05, 3.63) is 23.8 Å². The van der Waals surface area contributed by atoms with Crippen LogP contribution in [0.4, 0.5) is 11.4 Å². The SMILES string of the molecule is Nc1cc(C(=O)NCCCN2CCCC2=O)ccc1N1CCNCC1. The molecule has 0 radical (unpaired) electrons. The first-order valence-corrected chi connectivity index (χ1v) is 9.06. The third-order valence-corrected chi connectivity index (χ3v) is 4.81. The number of rotatable bonds is 6. The van der Waals surface area contributed by atoms with Gasteiger partial charge in [-0.15, -0.1) is 0 Å². The van der Waals surface area contributed by atoms with Crippen LogP contribution in [0.2, 0.25) is 0 Å². The summed E-state index contributed by atoms with van der Waals surface area (Å²) in [5, 5.41) is 6.22. The topological polar surface area (TPSA) is 90.7 Å². The Bertz CT molecular complexity index is 628. The maximum atomic E-state index is 12.3. The molecule has 0 unspecified atom stereocenters. The van der Waals surface area contributed by atoms with Gasteiger partial charge in [-0.1, -0.05) is 0 Å². The zero-order valence-electron chi connectivity index (χ0n) is 14.6. The molecule has 0 atom stereocenters. The molecular formula is C18H27N5O2. The second-order valence-electron chi connectivity index (χ2n) is 6.60. The average Bonchev–Trinajstić information content (AvgIpc) is 3.04. The smallest absolute Gasteiger partial charge is 0.251 e. The van der Waals surface area contributed by atoms with E-state index in [4.69, 9.17) is 5.73 Å². The molecule has 2 amide bonds. The number of nitrogens with one attached hydrogen (secondary N) is 2. The number of carbonyl (C=O) groups is 2. The number of benzene rings is 1. The van der Waals surface area contributed by atoms with Gasteiger partial charge in [-0.05, 0) is 31.0 Å². The zero-order valence-corrected chi connectivity index (χ0v) is 14.6. The van der Waals surface area contributed by atoms with E-state index < -0.39 is 0 Å². The van der Waals surface area contributed by atoms with Crippen LogP contribution in [0.5, 0.6) is 0 Å². The van der Waals surface area contributed by atoms with Gasteiger partial charge in [0.2, 0.25) is 5.91 Å². The van der Waals surface area contributed by atoms with Crippen molar-refractivity contribution in [3.8, 4) is 0 Å². The highest BCUT2D eigenvalue weighted by Crippen LogP contribution is 2.24. The van der Waals surface area contributed by atoms with Crippen LogP contribution in [0.3, 0.4) is 0 Å². The normalized spacial score (nSPS) is 17.8. The highest BCUT2D eigenvalue weighted by atomic mass is 16.2. The quantitative estimate of drug-likeness (QED) is 0.513. The van der Waals surface area contributed by atoms with E-state index >= 15 is 0 Å². The Morgan fingerprint density at radius 2 is 2.04 bits per heavy atom. The Kier molecular flexibility index (Phi) is 5.75. The summed E-state index contributed by atoms with van der Waals surface area (Å²) in [5.41, 5.74) is 8.36. The van der Waals surface area contributed by atoms with Crippen LogP contribution < -0.4 is 21.3 Å². The van der Waals surface area contributed by atoms with Crippen LogP contribution in [-0.4, -0.2) is 62.5 Å². The van der Waals surface area contributed by atoms with E-state index in [0.29, 0.717) is 30.8 Å². The first-order chi connectivity index (χ1) is 12.1. The summed E-state index contributed by atoms with van der Waals surface area (Å²) in [7, 11) is 0. The fourth-order valence-electron chi connectivity index (χ4n) is 3.40. The van der Waals surface area contributed by atoms with Gasteiger partial charge in [-0.25, -0.2) is 0 Å². The van der Waals surface area contributed by atoms with E-state index in [1.54, 1.807) is 6.07 Å². The molecule has 1 aromatic rings. The molecule has 2 aliphatic rings. The lowest BCUT2D eigenvalue weighted by Crippen LogP contribution is -2.43. The van der Waals surface area contributed by atoms with E-state index in [2.05, 4.69) is 15.5 Å². The summed E-state index contributed by atoms with van der Waals surface area (Å²) < 4.78 is 0. The van der Waals surface area contributed by atoms with Crippen LogP contribution in [0, 0.1) is 0 Å². The predicted octanol–water partition coefficient (Wildman–Crippen LogP) is 0.421. The van der Waals surface area contributed by atoms with Gasteiger partial charge in [-0.3, -0.25) is 9.59 Å². The Labute approximate surface area is 148 Å². The highest BCUT2D eigenvalue weighted by molar-refractivity contribution is 5.96. The molecule has 4 N–H and O–H groups in total. The Balaban J connectivity index is 1.48. The number of nitrogen functional groups attached to an aromatic ring is 1. The lowest BCUT2D eigenvalue weighted by Gasteiger charge is -2.30. The number of piperazine rings is 1. The van der Waals surface area contributed by atoms with Crippen molar-refractivity contribution < 1.29 is 9.59 Å². The van der Waals surface area contributed by atoms with Crippen molar-refractivity contribution in [1.82, 2.24) is 15.5 Å². The monoisotopic (exact) mass is 345 g/mol. The van der Waals surface area contributed by atoms with Gasteiger partial charge in [0.15, 0.2) is 0 Å². The lowest BCUT2D eigenvalue weighted by molar-refractivity contribution is -0.127. The molecule has 0 aromatic heterocycles. The van der Waals surface area contributed by atoms with E-state index in [1.807, 2.05) is 17.0 Å². The Hall–Kier alpha value is -2.28. The summed E-state index contributed by atoms with van der Waals surface area (Å²) >= 11 is 0. The third-order valence-electron chi connectivity index (χ3n) is 4.81. The molecule has 2 heterocycles. The number of nitrogens with zero attached hydrogens (tertiary/aromatic N) is 2. The second-order valence-corrected chi connectivity index (χ2v) is 6.60. The van der Waals surface area contributed by atoms with Crippen molar-refractivity contribution in [1.29, 1.82) is 0 Å². The molecule has 7 nitrogen and oxygen atoms in total. The Morgan fingerprint density at radius 3 is 2.72 bits per heavy atom. The van der Waals surface area contributed by atoms with Gasteiger partial charge in [-0.2, -0.15) is 0 Å². The number of hydrogen-bond donors (Lipinski definition) is 3. The molecule has 0 spiro atoms. The van der Waals surface area contributed by atoms with Gasteiger partial charge < -0.3 is 26.2 Å². The zero-order chi connectivity index (χ0) is 17.6. The number of carbonyl (C=O) groups excluding carboxylic acids is 2. The molecule has 2 saturated heterocycles. The van der Waals surface area contributed by atoms with Crippen molar-refractivity contribution in [2.24, 2.45) is 0 Å². The third kappa shape index (κ3) is 4.42. The summed E-state index contributed by atoms with van der Waals surface area (Å²) in [6, 6.07) is 5.50. The van der Waals surface area contributed by atoms with E-state index in [9.17, 15) is 9.59 Å². The number of hydrogen-bond acceptors (Lipinski definition) is 5. The molecule has 0 aliphatic carbocycles. The summed E-state index contributed by atoms with van der Waals surface area (Å²) in [4.78, 5) is 27.9. The van der Waals surface area contributed by atoms with Crippen LogP contribution in [0.15, 0.2) is 18.2 Å². The van der Waals surface area contributed by atoms with Gasteiger partial charge in [0.1, 0.15) is 0 Å². The molecule has 25 heavy (non-hydrogen) atoms. The molecule has 136 valence electrons. The van der Waals surface area contributed by atoms with Crippen LogP contribution >= 0.6 is 0 Å². The molecule has 2 aliphatic heterocycles. The van der Waals surface area contributed by atoms with Crippen LogP contribution in [0.1, 0.15) is 29.6 Å². The van der Waals surface area contributed by atoms with Gasteiger partial charge >= 0.3 is 0 Å². The van der Waals surface area contributed by atoms with Crippen molar-refractivity contribution >= 4 is 23.2 Å². The summed E-state index contributed by atoms with van der Waals surface area (Å²) in [6.07, 6.45) is 2.38. The van der Waals surface area contributed by atoms with E-state index in [-0.39, 0.29) is 11.8 Å². The van der Waals surface area contributed by atoms with Crippen LogP contribution in [-0.2, 0) is 4.79 Å². The minimum atomic E-state index is -0.119. The van der Waals surface area contributed by atoms with E-state index in [1.165, 1.54) is 0 Å². The molecule has 2 fully saturated rings. The largest absolute Gasteiger partial charge is 0.397 e. The number of anilines is 2. The number of nitrogens with two attached hydrogens (primary N) is 1.